The van der Waals surface area contributed by atoms with E-state index in [-0.39, 0.29) is 11.6 Å². The Hall–Kier alpha value is -3.42. The van der Waals surface area contributed by atoms with E-state index in [1.807, 2.05) is 32.0 Å². The van der Waals surface area contributed by atoms with E-state index in [0.29, 0.717) is 5.39 Å². The van der Waals surface area contributed by atoms with Crippen LogP contribution in [0.2, 0.25) is 0 Å². The van der Waals surface area contributed by atoms with Crippen molar-refractivity contribution < 1.29 is 0 Å². The Balaban J connectivity index is 1.39. The number of fused-ring (bicyclic) bond motifs is 2. The van der Waals surface area contributed by atoms with Crippen LogP contribution in [-0.4, -0.2) is 50.3 Å². The smallest absolute Gasteiger partial charge is 0.261 e. The van der Waals surface area contributed by atoms with Gasteiger partial charge in [0.05, 0.1) is 22.7 Å². The lowest BCUT2D eigenvalue weighted by Gasteiger charge is -2.37. The zero-order chi connectivity index (χ0) is 21.7. The standard InChI is InChI=1S/C23H27N7O/c1-15(2)30-14-26-19-12-17(5-6-18(19)23(30)31)28-7-9-29(10-8-28)22-21-20(24-13-25-22)11-16(3)27(21)4/h5-6,11-15H,7-10H2,1-4H3. The molecule has 4 aromatic rings. The normalized spacial score (nSPS) is 14.9. The molecular weight excluding hydrogens is 390 g/mol. The third-order valence-corrected chi connectivity index (χ3v) is 6.31. The van der Waals surface area contributed by atoms with Gasteiger partial charge >= 0.3 is 0 Å². The lowest BCUT2D eigenvalue weighted by atomic mass is 10.2. The third-order valence-electron chi connectivity index (χ3n) is 6.31. The Bertz CT molecular complexity index is 1330. The first-order chi connectivity index (χ1) is 14.9. The molecule has 4 heterocycles. The van der Waals surface area contributed by atoms with E-state index in [1.165, 1.54) is 5.69 Å². The molecule has 0 amide bonds. The van der Waals surface area contributed by atoms with E-state index >= 15 is 0 Å². The summed E-state index contributed by atoms with van der Waals surface area (Å²) in [5.74, 6) is 0.995. The number of nitrogens with zero attached hydrogens (tertiary/aromatic N) is 7. The van der Waals surface area contributed by atoms with Crippen LogP contribution >= 0.6 is 0 Å². The minimum atomic E-state index is 0.0157. The van der Waals surface area contributed by atoms with Crippen molar-refractivity contribution in [2.75, 3.05) is 36.0 Å². The summed E-state index contributed by atoms with van der Waals surface area (Å²) < 4.78 is 3.84. The quantitative estimate of drug-likeness (QED) is 0.510. The number of hydrogen-bond acceptors (Lipinski definition) is 6. The predicted molar refractivity (Wildman–Crippen MR) is 124 cm³/mol. The SMILES string of the molecule is Cc1cc2ncnc(N3CCN(c4ccc5c(=O)n(C(C)C)cnc5c4)CC3)c2n1C. The second kappa shape index (κ2) is 7.37. The fraction of sp³-hybridized carbons (Fsp3) is 0.391. The highest BCUT2D eigenvalue weighted by Gasteiger charge is 2.22. The summed E-state index contributed by atoms with van der Waals surface area (Å²) in [7, 11) is 2.07. The zero-order valence-corrected chi connectivity index (χ0v) is 18.4. The summed E-state index contributed by atoms with van der Waals surface area (Å²) in [6.45, 7) is 9.57. The van der Waals surface area contributed by atoms with Crippen LogP contribution in [0.25, 0.3) is 21.9 Å². The molecule has 0 bridgehead atoms. The largest absolute Gasteiger partial charge is 0.368 e. The van der Waals surface area contributed by atoms with E-state index in [1.54, 1.807) is 17.2 Å². The molecule has 1 saturated heterocycles. The number of aryl methyl sites for hydroxylation is 2. The lowest BCUT2D eigenvalue weighted by Crippen LogP contribution is -2.47. The Morgan fingerprint density at radius 1 is 0.935 bits per heavy atom. The van der Waals surface area contributed by atoms with Crippen molar-refractivity contribution >= 4 is 33.4 Å². The van der Waals surface area contributed by atoms with Gasteiger partial charge in [-0.05, 0) is 45.0 Å². The monoisotopic (exact) mass is 417 g/mol. The fourth-order valence-electron chi connectivity index (χ4n) is 4.38. The number of hydrogen-bond donors (Lipinski definition) is 0. The summed E-state index contributed by atoms with van der Waals surface area (Å²) in [5.41, 5.74) is 5.12. The summed E-state index contributed by atoms with van der Waals surface area (Å²) >= 11 is 0. The summed E-state index contributed by atoms with van der Waals surface area (Å²) in [5, 5.41) is 0.668. The van der Waals surface area contributed by atoms with Gasteiger partial charge in [0.25, 0.3) is 5.56 Å². The van der Waals surface area contributed by atoms with E-state index in [9.17, 15) is 4.79 Å². The average molecular weight is 418 g/mol. The van der Waals surface area contributed by atoms with Gasteiger partial charge in [0, 0.05) is 50.6 Å². The Labute approximate surface area is 180 Å². The minimum absolute atomic E-state index is 0.0157. The molecule has 1 aliphatic rings. The van der Waals surface area contributed by atoms with E-state index < -0.39 is 0 Å². The van der Waals surface area contributed by atoms with Gasteiger partial charge in [-0.1, -0.05) is 0 Å². The Morgan fingerprint density at radius 3 is 2.42 bits per heavy atom. The first kappa shape index (κ1) is 19.5. The van der Waals surface area contributed by atoms with Gasteiger partial charge < -0.3 is 14.4 Å². The molecule has 0 atom stereocenters. The van der Waals surface area contributed by atoms with Crippen molar-refractivity contribution in [2.45, 2.75) is 26.8 Å². The minimum Gasteiger partial charge on any atom is -0.368 e. The van der Waals surface area contributed by atoms with Crippen LogP contribution in [0.3, 0.4) is 0 Å². The fourth-order valence-corrected chi connectivity index (χ4v) is 4.38. The molecule has 31 heavy (non-hydrogen) atoms. The first-order valence-electron chi connectivity index (χ1n) is 10.7. The highest BCUT2D eigenvalue weighted by molar-refractivity contribution is 5.88. The molecule has 1 aliphatic heterocycles. The van der Waals surface area contributed by atoms with Gasteiger partial charge in [0.15, 0.2) is 5.82 Å². The Morgan fingerprint density at radius 2 is 1.68 bits per heavy atom. The van der Waals surface area contributed by atoms with Crippen molar-refractivity contribution in [1.82, 2.24) is 24.1 Å². The topological polar surface area (TPSA) is 72.1 Å². The molecule has 1 fully saturated rings. The number of piperazine rings is 1. The summed E-state index contributed by atoms with van der Waals surface area (Å²) in [6.07, 6.45) is 3.31. The van der Waals surface area contributed by atoms with E-state index in [0.717, 1.165) is 54.2 Å². The summed E-state index contributed by atoms with van der Waals surface area (Å²) in [4.78, 5) is 30.9. The molecule has 0 radical (unpaired) electrons. The maximum Gasteiger partial charge on any atom is 0.261 e. The molecule has 3 aromatic heterocycles. The molecule has 8 nitrogen and oxygen atoms in total. The van der Waals surface area contributed by atoms with Gasteiger partial charge in [-0.25, -0.2) is 15.0 Å². The van der Waals surface area contributed by atoms with Crippen molar-refractivity contribution in [3.8, 4) is 0 Å². The molecule has 5 rings (SSSR count). The van der Waals surface area contributed by atoms with Crippen LogP contribution in [0.4, 0.5) is 11.5 Å². The average Bonchev–Trinajstić information content (AvgIpc) is 3.07. The van der Waals surface area contributed by atoms with Crippen LogP contribution in [0.1, 0.15) is 25.6 Å². The molecule has 0 N–H and O–H groups in total. The van der Waals surface area contributed by atoms with Gasteiger partial charge in [-0.3, -0.25) is 9.36 Å². The van der Waals surface area contributed by atoms with Crippen molar-refractivity contribution in [2.24, 2.45) is 7.05 Å². The lowest BCUT2D eigenvalue weighted by molar-refractivity contribution is 0.573. The van der Waals surface area contributed by atoms with Gasteiger partial charge in [-0.2, -0.15) is 0 Å². The number of aromatic nitrogens is 5. The van der Waals surface area contributed by atoms with E-state index in [2.05, 4.69) is 49.4 Å². The summed E-state index contributed by atoms with van der Waals surface area (Å²) in [6, 6.07) is 8.17. The third kappa shape index (κ3) is 3.22. The van der Waals surface area contributed by atoms with E-state index in [4.69, 9.17) is 0 Å². The molecule has 0 spiro atoms. The highest BCUT2D eigenvalue weighted by atomic mass is 16.1. The van der Waals surface area contributed by atoms with Gasteiger partial charge in [-0.15, -0.1) is 0 Å². The van der Waals surface area contributed by atoms with Crippen LogP contribution in [0.5, 0.6) is 0 Å². The first-order valence-corrected chi connectivity index (χ1v) is 10.7. The molecular formula is C23H27N7O. The van der Waals surface area contributed by atoms with Crippen molar-refractivity contribution in [3.63, 3.8) is 0 Å². The van der Waals surface area contributed by atoms with Crippen LogP contribution in [0.15, 0.2) is 41.7 Å². The maximum absolute atomic E-state index is 12.7. The second-order valence-electron chi connectivity index (χ2n) is 8.50. The van der Waals surface area contributed by atoms with Crippen LogP contribution in [0, 0.1) is 6.92 Å². The predicted octanol–water partition coefficient (Wildman–Crippen LogP) is 2.89. The maximum atomic E-state index is 12.7. The number of rotatable bonds is 3. The van der Waals surface area contributed by atoms with Crippen molar-refractivity contribution in [3.05, 3.63) is 53.0 Å². The van der Waals surface area contributed by atoms with Crippen LogP contribution in [-0.2, 0) is 7.05 Å². The molecule has 0 unspecified atom stereocenters. The number of benzene rings is 1. The molecule has 0 aliphatic carbocycles. The molecule has 160 valence electrons. The molecule has 8 heteroatoms. The number of anilines is 2. The van der Waals surface area contributed by atoms with Crippen LogP contribution < -0.4 is 15.4 Å². The highest BCUT2D eigenvalue weighted by Crippen LogP contribution is 2.27. The molecule has 0 saturated carbocycles. The van der Waals surface area contributed by atoms with Gasteiger partial charge in [0.2, 0.25) is 0 Å². The second-order valence-corrected chi connectivity index (χ2v) is 8.50. The molecule has 1 aromatic carbocycles. The van der Waals surface area contributed by atoms with Gasteiger partial charge in [0.1, 0.15) is 11.8 Å². The Kier molecular flexibility index (Phi) is 4.64. The van der Waals surface area contributed by atoms with Crippen molar-refractivity contribution in [1.29, 1.82) is 0 Å². The zero-order valence-electron chi connectivity index (χ0n) is 18.4.